The Labute approximate surface area is 183 Å². The van der Waals surface area contributed by atoms with Crippen LogP contribution < -0.4 is 10.1 Å². The smallest absolute Gasteiger partial charge is 0.256 e. The number of amides is 1. The van der Waals surface area contributed by atoms with Crippen LogP contribution in [0.25, 0.3) is 0 Å². The van der Waals surface area contributed by atoms with Crippen molar-refractivity contribution in [1.82, 2.24) is 4.90 Å². The van der Waals surface area contributed by atoms with Gasteiger partial charge in [0.25, 0.3) is 5.91 Å². The van der Waals surface area contributed by atoms with Gasteiger partial charge < -0.3 is 14.8 Å². The molecule has 30 heavy (non-hydrogen) atoms. The molecule has 0 saturated carbocycles. The molecule has 1 aliphatic rings. The minimum absolute atomic E-state index is 0.0696. The first-order chi connectivity index (χ1) is 14.5. The normalized spacial score (nSPS) is 19.3. The highest BCUT2D eigenvalue weighted by Crippen LogP contribution is 2.24. The number of anilines is 1. The highest BCUT2D eigenvalue weighted by atomic mass is 16.5. The second kappa shape index (κ2) is 13.0. The molecule has 1 heterocycles. The third kappa shape index (κ3) is 7.92. The van der Waals surface area contributed by atoms with Crippen LogP contribution in [0.3, 0.4) is 0 Å². The molecule has 1 fully saturated rings. The van der Waals surface area contributed by atoms with Crippen LogP contribution in [0.15, 0.2) is 24.3 Å². The van der Waals surface area contributed by atoms with Crippen LogP contribution in [0, 0.1) is 0 Å². The fraction of sp³-hybridized carbons (Fsp3) is 0.720. The molecule has 5 heteroatoms. The SMILES string of the molecule is CCCCC[C@@](C)(OCCC)C(=O)Nc1ccc(OCCN2CCCC[C@@H]2C)cc1. The highest BCUT2D eigenvalue weighted by Gasteiger charge is 2.33. The van der Waals surface area contributed by atoms with E-state index in [2.05, 4.69) is 31.0 Å². The summed E-state index contributed by atoms with van der Waals surface area (Å²) in [6.45, 7) is 11.9. The Morgan fingerprint density at radius 3 is 2.57 bits per heavy atom. The lowest BCUT2D eigenvalue weighted by molar-refractivity contribution is -0.140. The molecule has 0 spiro atoms. The molecule has 1 saturated heterocycles. The summed E-state index contributed by atoms with van der Waals surface area (Å²) < 4.78 is 11.9. The molecular formula is C25H42N2O3. The number of nitrogens with one attached hydrogen (secondary N) is 1. The molecule has 1 aliphatic heterocycles. The van der Waals surface area contributed by atoms with E-state index in [-0.39, 0.29) is 5.91 Å². The summed E-state index contributed by atoms with van der Waals surface area (Å²) in [5, 5.41) is 3.03. The second-order valence-electron chi connectivity index (χ2n) is 8.74. The van der Waals surface area contributed by atoms with Gasteiger partial charge in [-0.2, -0.15) is 0 Å². The van der Waals surface area contributed by atoms with Crippen molar-refractivity contribution in [2.45, 2.75) is 90.7 Å². The molecule has 2 atom stereocenters. The Hall–Kier alpha value is -1.59. The largest absolute Gasteiger partial charge is 0.492 e. The van der Waals surface area contributed by atoms with Gasteiger partial charge in [0.15, 0.2) is 0 Å². The highest BCUT2D eigenvalue weighted by molar-refractivity contribution is 5.97. The summed E-state index contributed by atoms with van der Waals surface area (Å²) in [4.78, 5) is 15.4. The van der Waals surface area contributed by atoms with Gasteiger partial charge in [-0.15, -0.1) is 0 Å². The summed E-state index contributed by atoms with van der Waals surface area (Å²) in [5.74, 6) is 0.769. The quantitative estimate of drug-likeness (QED) is 0.421. The van der Waals surface area contributed by atoms with Crippen LogP contribution in [0.4, 0.5) is 5.69 Å². The number of unbranched alkanes of at least 4 members (excludes halogenated alkanes) is 2. The molecule has 0 unspecified atom stereocenters. The Kier molecular flexibility index (Phi) is 10.7. The molecule has 170 valence electrons. The molecule has 0 aromatic heterocycles. The zero-order chi connectivity index (χ0) is 21.8. The van der Waals surface area contributed by atoms with Crippen molar-refractivity contribution in [2.24, 2.45) is 0 Å². The number of likely N-dealkylation sites (tertiary alicyclic amines) is 1. The number of benzene rings is 1. The van der Waals surface area contributed by atoms with Crippen LogP contribution in [0.1, 0.15) is 79.1 Å². The Balaban J connectivity index is 1.84. The number of hydrogen-bond donors (Lipinski definition) is 1. The monoisotopic (exact) mass is 418 g/mol. The average molecular weight is 419 g/mol. The molecule has 1 amide bonds. The van der Waals surface area contributed by atoms with Gasteiger partial charge in [-0.3, -0.25) is 9.69 Å². The van der Waals surface area contributed by atoms with Crippen LogP contribution in [-0.4, -0.2) is 48.8 Å². The van der Waals surface area contributed by atoms with Crippen LogP contribution in [-0.2, 0) is 9.53 Å². The minimum Gasteiger partial charge on any atom is -0.492 e. The molecular weight excluding hydrogens is 376 g/mol. The standard InChI is InChI=1S/C25H42N2O3/c1-5-7-9-16-25(4,30-19-6-2)24(28)26-22-12-14-23(15-13-22)29-20-18-27-17-10-8-11-21(27)3/h12-15,21H,5-11,16-20H2,1-4H3,(H,26,28)/t21-,25+/m0/s1. The molecule has 1 aromatic rings. The van der Waals surface area contributed by atoms with Gasteiger partial charge in [-0.1, -0.05) is 39.5 Å². The number of carbonyl (C=O) groups excluding carboxylic acids is 1. The molecule has 0 radical (unpaired) electrons. The fourth-order valence-electron chi connectivity index (χ4n) is 3.96. The number of hydrogen-bond acceptors (Lipinski definition) is 4. The second-order valence-corrected chi connectivity index (χ2v) is 8.74. The van der Waals surface area contributed by atoms with E-state index in [1.807, 2.05) is 31.2 Å². The van der Waals surface area contributed by atoms with E-state index in [1.54, 1.807) is 0 Å². The lowest BCUT2D eigenvalue weighted by Crippen LogP contribution is -2.43. The van der Waals surface area contributed by atoms with Crippen molar-refractivity contribution >= 4 is 11.6 Å². The maximum Gasteiger partial charge on any atom is 0.256 e. The van der Waals surface area contributed by atoms with Crippen LogP contribution >= 0.6 is 0 Å². The van der Waals surface area contributed by atoms with Crippen molar-refractivity contribution < 1.29 is 14.3 Å². The van der Waals surface area contributed by atoms with E-state index in [9.17, 15) is 4.79 Å². The first-order valence-corrected chi connectivity index (χ1v) is 11.9. The molecule has 2 rings (SSSR count). The lowest BCUT2D eigenvalue weighted by atomic mass is 9.96. The zero-order valence-corrected chi connectivity index (χ0v) is 19.5. The molecule has 0 aliphatic carbocycles. The van der Waals surface area contributed by atoms with Crippen molar-refractivity contribution in [3.05, 3.63) is 24.3 Å². The third-order valence-corrected chi connectivity index (χ3v) is 6.06. The first kappa shape index (κ1) is 24.7. The summed E-state index contributed by atoms with van der Waals surface area (Å²) in [7, 11) is 0. The van der Waals surface area contributed by atoms with Crippen LogP contribution in [0.5, 0.6) is 5.75 Å². The maximum atomic E-state index is 12.9. The summed E-state index contributed by atoms with van der Waals surface area (Å²) in [6, 6.07) is 8.32. The summed E-state index contributed by atoms with van der Waals surface area (Å²) in [6.07, 6.45) is 8.79. The number of piperidine rings is 1. The van der Waals surface area contributed by atoms with E-state index >= 15 is 0 Å². The van der Waals surface area contributed by atoms with Crippen molar-refractivity contribution in [2.75, 3.05) is 31.6 Å². The number of rotatable bonds is 13. The van der Waals surface area contributed by atoms with E-state index in [1.165, 1.54) is 25.8 Å². The van der Waals surface area contributed by atoms with Crippen LogP contribution in [0.2, 0.25) is 0 Å². The minimum atomic E-state index is -0.786. The average Bonchev–Trinajstić information content (AvgIpc) is 2.75. The van der Waals surface area contributed by atoms with Gasteiger partial charge in [-0.05, 0) is 70.3 Å². The Morgan fingerprint density at radius 2 is 1.90 bits per heavy atom. The van der Waals surface area contributed by atoms with Gasteiger partial charge in [0, 0.05) is 24.9 Å². The Morgan fingerprint density at radius 1 is 1.13 bits per heavy atom. The first-order valence-electron chi connectivity index (χ1n) is 11.9. The summed E-state index contributed by atoms with van der Waals surface area (Å²) >= 11 is 0. The van der Waals surface area contributed by atoms with E-state index in [0.29, 0.717) is 19.3 Å². The molecule has 1 aromatic carbocycles. The molecule has 1 N–H and O–H groups in total. The van der Waals surface area contributed by atoms with Crippen molar-refractivity contribution in [3.63, 3.8) is 0 Å². The predicted octanol–water partition coefficient (Wildman–Crippen LogP) is 5.64. The predicted molar refractivity (Wildman–Crippen MR) is 124 cm³/mol. The Bertz CT molecular complexity index is 619. The lowest BCUT2D eigenvalue weighted by Gasteiger charge is -2.33. The maximum absolute atomic E-state index is 12.9. The van der Waals surface area contributed by atoms with Gasteiger partial charge in [0.05, 0.1) is 0 Å². The van der Waals surface area contributed by atoms with E-state index < -0.39 is 5.60 Å². The number of nitrogens with zero attached hydrogens (tertiary/aromatic N) is 1. The molecule has 5 nitrogen and oxygen atoms in total. The zero-order valence-electron chi connectivity index (χ0n) is 19.5. The fourth-order valence-corrected chi connectivity index (χ4v) is 3.96. The third-order valence-electron chi connectivity index (χ3n) is 6.06. The van der Waals surface area contributed by atoms with E-state index in [4.69, 9.17) is 9.47 Å². The topological polar surface area (TPSA) is 50.8 Å². The van der Waals surface area contributed by atoms with Gasteiger partial charge in [-0.25, -0.2) is 0 Å². The molecule has 0 bridgehead atoms. The van der Waals surface area contributed by atoms with Crippen molar-refractivity contribution in [1.29, 1.82) is 0 Å². The van der Waals surface area contributed by atoms with E-state index in [0.717, 1.165) is 50.1 Å². The number of carbonyl (C=O) groups is 1. The van der Waals surface area contributed by atoms with Gasteiger partial charge >= 0.3 is 0 Å². The van der Waals surface area contributed by atoms with Gasteiger partial charge in [0.2, 0.25) is 0 Å². The van der Waals surface area contributed by atoms with Gasteiger partial charge in [0.1, 0.15) is 18.0 Å². The summed E-state index contributed by atoms with van der Waals surface area (Å²) in [5.41, 5.74) is -0.00954. The van der Waals surface area contributed by atoms with Crippen molar-refractivity contribution in [3.8, 4) is 5.75 Å². The number of ether oxygens (including phenoxy) is 2.